The van der Waals surface area contributed by atoms with Crippen LogP contribution in [-0.4, -0.2) is 21.7 Å². The van der Waals surface area contributed by atoms with Crippen molar-refractivity contribution in [1.29, 1.82) is 0 Å². The van der Waals surface area contributed by atoms with Gasteiger partial charge in [-0.05, 0) is 54.3 Å². The summed E-state index contributed by atoms with van der Waals surface area (Å²) in [5.74, 6) is -0.0988. The fourth-order valence-corrected chi connectivity index (χ4v) is 3.94. The quantitative estimate of drug-likeness (QED) is 0.359. The number of aryl methyl sites for hydroxylation is 1. The van der Waals surface area contributed by atoms with Crippen molar-refractivity contribution in [1.82, 2.24) is 15.1 Å². The number of carbonyl (C=O) groups excluding carboxylic acids is 1. The van der Waals surface area contributed by atoms with Gasteiger partial charge in [0.05, 0.1) is 6.20 Å². The predicted molar refractivity (Wildman–Crippen MR) is 134 cm³/mol. The number of hydrogen-bond acceptors (Lipinski definition) is 3. The molecule has 1 unspecified atom stereocenters. The van der Waals surface area contributed by atoms with Gasteiger partial charge >= 0.3 is 0 Å². The van der Waals surface area contributed by atoms with Crippen molar-refractivity contribution < 1.29 is 4.79 Å². The number of benzene rings is 3. The highest BCUT2D eigenvalue weighted by atomic mass is 35.5. The Bertz CT molecular complexity index is 1190. The maximum absolute atomic E-state index is 13.3. The number of nitrogens with zero attached hydrogens (tertiary/aromatic N) is 2. The zero-order valence-corrected chi connectivity index (χ0v) is 19.5. The minimum Gasteiger partial charge on any atom is -0.324 e. The van der Waals surface area contributed by atoms with Crippen LogP contribution in [0.5, 0.6) is 0 Å². The lowest BCUT2D eigenvalue weighted by atomic mass is 10.0. The molecule has 2 atom stereocenters. The summed E-state index contributed by atoms with van der Waals surface area (Å²) in [4.78, 5) is 13.3. The molecular formula is C27H27ClN4O. The van der Waals surface area contributed by atoms with Crippen molar-refractivity contribution in [2.45, 2.75) is 25.4 Å². The molecular weight excluding hydrogens is 432 g/mol. The van der Waals surface area contributed by atoms with Crippen molar-refractivity contribution in [3.05, 3.63) is 107 Å². The van der Waals surface area contributed by atoms with E-state index in [1.165, 1.54) is 0 Å². The molecule has 0 bridgehead atoms. The summed E-state index contributed by atoms with van der Waals surface area (Å²) < 4.78 is 1.77. The Hall–Kier alpha value is -3.41. The number of anilines is 1. The topological polar surface area (TPSA) is 59.0 Å². The first-order valence-electron chi connectivity index (χ1n) is 10.9. The molecule has 0 saturated heterocycles. The fraction of sp³-hybridized carbons (Fsp3) is 0.185. The Morgan fingerprint density at radius 3 is 2.30 bits per heavy atom. The minimum atomic E-state index is -0.480. The maximum Gasteiger partial charge on any atom is 0.246 e. The normalized spacial score (nSPS) is 12.8. The zero-order chi connectivity index (χ0) is 23.2. The molecule has 0 saturated carbocycles. The molecule has 1 aromatic heterocycles. The summed E-state index contributed by atoms with van der Waals surface area (Å²) in [5, 5.41) is 11.5. The molecule has 2 N–H and O–H groups in total. The van der Waals surface area contributed by atoms with E-state index in [-0.39, 0.29) is 11.9 Å². The molecule has 1 heterocycles. The summed E-state index contributed by atoms with van der Waals surface area (Å²) in [6, 6.07) is 25.0. The van der Waals surface area contributed by atoms with Gasteiger partial charge in [0, 0.05) is 35.6 Å². The number of amides is 1. The highest BCUT2D eigenvalue weighted by Crippen LogP contribution is 2.22. The molecule has 4 aromatic rings. The summed E-state index contributed by atoms with van der Waals surface area (Å²) in [7, 11) is 1.89. The van der Waals surface area contributed by atoms with Crippen LogP contribution in [0.2, 0.25) is 5.02 Å². The average molecular weight is 459 g/mol. The van der Waals surface area contributed by atoms with Crippen LogP contribution in [0, 0.1) is 0 Å². The van der Waals surface area contributed by atoms with E-state index in [1.54, 1.807) is 4.68 Å². The molecule has 0 aliphatic heterocycles. The van der Waals surface area contributed by atoms with Crippen LogP contribution >= 0.6 is 11.6 Å². The zero-order valence-electron chi connectivity index (χ0n) is 18.7. The van der Waals surface area contributed by atoms with Gasteiger partial charge in [0.1, 0.15) is 6.04 Å². The monoisotopic (exact) mass is 458 g/mol. The van der Waals surface area contributed by atoms with Gasteiger partial charge in [0.2, 0.25) is 5.91 Å². The van der Waals surface area contributed by atoms with E-state index in [2.05, 4.69) is 22.7 Å². The summed E-state index contributed by atoms with van der Waals surface area (Å²) in [5.41, 5.74) is 4.92. The van der Waals surface area contributed by atoms with E-state index in [4.69, 9.17) is 11.6 Å². The molecule has 0 radical (unpaired) electrons. The molecule has 1 amide bonds. The smallest absolute Gasteiger partial charge is 0.246 e. The Labute approximate surface area is 199 Å². The third-order valence-corrected chi connectivity index (χ3v) is 5.74. The van der Waals surface area contributed by atoms with E-state index in [9.17, 15) is 4.79 Å². The van der Waals surface area contributed by atoms with Gasteiger partial charge in [-0.1, -0.05) is 66.2 Å². The molecule has 168 valence electrons. The third-order valence-electron chi connectivity index (χ3n) is 5.49. The Kier molecular flexibility index (Phi) is 7.23. The third kappa shape index (κ3) is 6.09. The molecule has 0 fully saturated rings. The van der Waals surface area contributed by atoms with E-state index in [0.29, 0.717) is 0 Å². The molecule has 33 heavy (non-hydrogen) atoms. The molecule has 0 aliphatic rings. The number of nitrogens with one attached hydrogen (secondary N) is 2. The van der Waals surface area contributed by atoms with Crippen molar-refractivity contribution in [3.8, 4) is 11.1 Å². The van der Waals surface area contributed by atoms with Crippen LogP contribution in [0.4, 0.5) is 5.69 Å². The summed E-state index contributed by atoms with van der Waals surface area (Å²) in [6.45, 7) is 2.08. The molecule has 5 nitrogen and oxygen atoms in total. The van der Waals surface area contributed by atoms with E-state index < -0.39 is 6.04 Å². The number of rotatable bonds is 8. The van der Waals surface area contributed by atoms with Crippen LogP contribution in [0.15, 0.2) is 91.3 Å². The lowest BCUT2D eigenvalue weighted by Gasteiger charge is -2.23. The van der Waals surface area contributed by atoms with Crippen molar-refractivity contribution in [2.75, 3.05) is 5.32 Å². The van der Waals surface area contributed by atoms with Gasteiger partial charge in [-0.2, -0.15) is 5.10 Å². The largest absolute Gasteiger partial charge is 0.324 e. The molecule has 3 aromatic carbocycles. The molecule has 0 spiro atoms. The van der Waals surface area contributed by atoms with E-state index >= 15 is 0 Å². The van der Waals surface area contributed by atoms with Gasteiger partial charge in [-0.15, -0.1) is 0 Å². The van der Waals surface area contributed by atoms with Crippen LogP contribution in [0.25, 0.3) is 11.1 Å². The van der Waals surface area contributed by atoms with Gasteiger partial charge in [0.25, 0.3) is 0 Å². The molecule has 0 aliphatic carbocycles. The lowest BCUT2D eigenvalue weighted by Crippen LogP contribution is -2.39. The van der Waals surface area contributed by atoms with Crippen LogP contribution in [0.3, 0.4) is 0 Å². The van der Waals surface area contributed by atoms with Crippen LogP contribution in [0.1, 0.15) is 24.1 Å². The fourth-order valence-electron chi connectivity index (χ4n) is 3.82. The van der Waals surface area contributed by atoms with E-state index in [1.807, 2.05) is 98.3 Å². The SMILES string of the molecule is CC(Cc1ccc(Cl)cc1)N[C@H](C(=O)Nc1ccc(-c2cnn(C)c2)cc1)c1ccccc1. The standard InChI is InChI=1S/C27H27ClN4O/c1-19(16-20-8-12-24(28)13-9-20)30-26(22-6-4-3-5-7-22)27(33)31-25-14-10-21(11-15-25)23-17-29-32(2)18-23/h3-15,17-19,26,30H,16H2,1-2H3,(H,31,33)/t19?,26-/m0/s1. The number of carbonyl (C=O) groups is 1. The van der Waals surface area contributed by atoms with Gasteiger partial charge < -0.3 is 5.32 Å². The first-order chi connectivity index (χ1) is 16.0. The Morgan fingerprint density at radius 2 is 1.67 bits per heavy atom. The Balaban J connectivity index is 1.47. The first-order valence-corrected chi connectivity index (χ1v) is 11.3. The van der Waals surface area contributed by atoms with Crippen LogP contribution < -0.4 is 10.6 Å². The maximum atomic E-state index is 13.3. The highest BCUT2D eigenvalue weighted by Gasteiger charge is 2.22. The van der Waals surface area contributed by atoms with E-state index in [0.717, 1.165) is 39.4 Å². The van der Waals surface area contributed by atoms with Gasteiger partial charge in [-0.3, -0.25) is 14.8 Å². The van der Waals surface area contributed by atoms with Crippen molar-refractivity contribution in [3.63, 3.8) is 0 Å². The predicted octanol–water partition coefficient (Wildman–Crippen LogP) is 5.64. The second-order valence-electron chi connectivity index (χ2n) is 8.21. The lowest BCUT2D eigenvalue weighted by molar-refractivity contribution is -0.118. The number of halogens is 1. The van der Waals surface area contributed by atoms with Gasteiger partial charge in [0.15, 0.2) is 0 Å². The minimum absolute atomic E-state index is 0.0788. The second-order valence-corrected chi connectivity index (χ2v) is 8.65. The first kappa shape index (κ1) is 22.8. The second kappa shape index (κ2) is 10.5. The average Bonchev–Trinajstić information content (AvgIpc) is 3.26. The number of hydrogen-bond donors (Lipinski definition) is 2. The van der Waals surface area contributed by atoms with Crippen molar-refractivity contribution in [2.24, 2.45) is 7.05 Å². The number of aromatic nitrogens is 2. The van der Waals surface area contributed by atoms with Crippen LogP contribution in [-0.2, 0) is 18.3 Å². The highest BCUT2D eigenvalue weighted by molar-refractivity contribution is 6.30. The Morgan fingerprint density at radius 1 is 0.970 bits per heavy atom. The van der Waals surface area contributed by atoms with Crippen molar-refractivity contribution >= 4 is 23.2 Å². The molecule has 6 heteroatoms. The summed E-state index contributed by atoms with van der Waals surface area (Å²) >= 11 is 6.00. The van der Waals surface area contributed by atoms with Gasteiger partial charge in [-0.25, -0.2) is 0 Å². The molecule has 4 rings (SSSR count). The summed E-state index contributed by atoms with van der Waals surface area (Å²) in [6.07, 6.45) is 4.57.